The van der Waals surface area contributed by atoms with Gasteiger partial charge < -0.3 is 4.90 Å². The van der Waals surface area contributed by atoms with Gasteiger partial charge in [-0.3, -0.25) is 9.78 Å². The second kappa shape index (κ2) is 8.08. The average Bonchev–Trinajstić information content (AvgIpc) is 3.21. The van der Waals surface area contributed by atoms with Crippen molar-refractivity contribution in [2.24, 2.45) is 5.92 Å². The van der Waals surface area contributed by atoms with E-state index in [0.717, 1.165) is 50.2 Å². The molecule has 1 aromatic carbocycles. The number of allylic oxidation sites excluding steroid dienone is 2. The van der Waals surface area contributed by atoms with E-state index in [1.807, 2.05) is 6.07 Å². The van der Waals surface area contributed by atoms with Crippen molar-refractivity contribution in [2.45, 2.75) is 44.9 Å². The molecule has 4 rings (SSSR count). The van der Waals surface area contributed by atoms with Gasteiger partial charge in [0.2, 0.25) is 5.91 Å². The number of benzene rings is 1. The Hall–Kier alpha value is -2.42. The van der Waals surface area contributed by atoms with Gasteiger partial charge in [-0.25, -0.2) is 0 Å². The number of nitrogens with zero attached hydrogens (tertiary/aromatic N) is 2. The summed E-state index contributed by atoms with van der Waals surface area (Å²) >= 11 is 0. The minimum Gasteiger partial charge on any atom is -0.342 e. The van der Waals surface area contributed by atoms with Crippen molar-refractivity contribution >= 4 is 5.91 Å². The molecule has 0 radical (unpaired) electrons. The number of aryl methyl sites for hydroxylation is 1. The van der Waals surface area contributed by atoms with Crippen LogP contribution in [0, 0.1) is 12.8 Å². The number of amides is 1. The topological polar surface area (TPSA) is 33.2 Å². The Balaban J connectivity index is 1.50. The molecule has 0 unspecified atom stereocenters. The molecule has 140 valence electrons. The third kappa shape index (κ3) is 4.29. The van der Waals surface area contributed by atoms with Crippen molar-refractivity contribution < 1.29 is 4.79 Å². The number of hydrogen-bond acceptors (Lipinski definition) is 2. The predicted molar refractivity (Wildman–Crippen MR) is 109 cm³/mol. The molecule has 0 saturated carbocycles. The first-order valence-electron chi connectivity index (χ1n) is 10.2. The molecule has 0 bridgehead atoms. The molecule has 1 amide bonds. The standard InChI is InChI=1S/C24H28N2O/c1-18-14-22(20-10-3-2-4-11-20)16-23(25-18)21-12-7-13-26(17-21)24(27)15-19-8-5-6-9-19/h2-5,8,10-11,14,16,19,21H,6-7,9,12-13,15,17H2,1H3/t19-,21-/m1/s1. The van der Waals surface area contributed by atoms with E-state index < -0.39 is 0 Å². The quantitative estimate of drug-likeness (QED) is 0.709. The maximum Gasteiger partial charge on any atom is 0.223 e. The van der Waals surface area contributed by atoms with Crippen molar-refractivity contribution in [3.8, 4) is 11.1 Å². The second-order valence-electron chi connectivity index (χ2n) is 7.94. The summed E-state index contributed by atoms with van der Waals surface area (Å²) in [5, 5.41) is 0. The fourth-order valence-electron chi connectivity index (χ4n) is 4.36. The van der Waals surface area contributed by atoms with E-state index in [1.165, 1.54) is 11.1 Å². The van der Waals surface area contributed by atoms with Crippen molar-refractivity contribution in [2.75, 3.05) is 13.1 Å². The second-order valence-corrected chi connectivity index (χ2v) is 7.94. The number of pyridine rings is 1. The molecule has 1 aliphatic carbocycles. The van der Waals surface area contributed by atoms with Crippen molar-refractivity contribution in [3.05, 3.63) is 66.0 Å². The Morgan fingerprint density at radius 1 is 1.15 bits per heavy atom. The third-order valence-electron chi connectivity index (χ3n) is 5.82. The van der Waals surface area contributed by atoms with Gasteiger partial charge in [0.05, 0.1) is 0 Å². The molecule has 0 spiro atoms. The summed E-state index contributed by atoms with van der Waals surface area (Å²) in [6.07, 6.45) is 9.51. The van der Waals surface area contributed by atoms with Gasteiger partial charge in [-0.2, -0.15) is 0 Å². The predicted octanol–water partition coefficient (Wildman–Crippen LogP) is 5.12. The summed E-state index contributed by atoms with van der Waals surface area (Å²) in [5.41, 5.74) is 4.62. The number of rotatable bonds is 4. The zero-order valence-corrected chi connectivity index (χ0v) is 16.1. The summed E-state index contributed by atoms with van der Waals surface area (Å²) in [6, 6.07) is 14.8. The summed E-state index contributed by atoms with van der Waals surface area (Å²) in [4.78, 5) is 19.7. The molecule has 1 aliphatic heterocycles. The van der Waals surface area contributed by atoms with Gasteiger partial charge in [0.1, 0.15) is 0 Å². The van der Waals surface area contributed by atoms with Crippen LogP contribution in [0.25, 0.3) is 11.1 Å². The number of likely N-dealkylation sites (tertiary alicyclic amines) is 1. The lowest BCUT2D eigenvalue weighted by molar-refractivity contribution is -0.133. The van der Waals surface area contributed by atoms with Crippen LogP contribution >= 0.6 is 0 Å². The average molecular weight is 361 g/mol. The molecule has 2 atom stereocenters. The number of carbonyl (C=O) groups excluding carboxylic acids is 1. The van der Waals surface area contributed by atoms with Gasteiger partial charge in [0.15, 0.2) is 0 Å². The lowest BCUT2D eigenvalue weighted by Gasteiger charge is -2.33. The van der Waals surface area contributed by atoms with Crippen LogP contribution in [0.2, 0.25) is 0 Å². The van der Waals surface area contributed by atoms with Crippen LogP contribution in [-0.2, 0) is 4.79 Å². The zero-order chi connectivity index (χ0) is 18.6. The van der Waals surface area contributed by atoms with E-state index >= 15 is 0 Å². The minimum atomic E-state index is 0.312. The van der Waals surface area contributed by atoms with Crippen molar-refractivity contribution in [1.29, 1.82) is 0 Å². The van der Waals surface area contributed by atoms with Gasteiger partial charge >= 0.3 is 0 Å². The first-order valence-corrected chi connectivity index (χ1v) is 10.2. The summed E-state index contributed by atoms with van der Waals surface area (Å²) in [5.74, 6) is 1.09. The Labute approximate surface area is 162 Å². The SMILES string of the molecule is Cc1cc(-c2ccccc2)cc([C@@H]2CCCN(C(=O)C[C@@H]3C=CCC3)C2)n1. The molecule has 3 nitrogen and oxygen atoms in total. The van der Waals surface area contributed by atoms with Crippen LogP contribution < -0.4 is 0 Å². The molecule has 2 aliphatic rings. The van der Waals surface area contributed by atoms with Crippen LogP contribution in [0.15, 0.2) is 54.6 Å². The van der Waals surface area contributed by atoms with Crippen molar-refractivity contribution in [1.82, 2.24) is 9.88 Å². The zero-order valence-electron chi connectivity index (χ0n) is 16.1. The van der Waals surface area contributed by atoms with Crippen molar-refractivity contribution in [3.63, 3.8) is 0 Å². The highest BCUT2D eigenvalue weighted by atomic mass is 16.2. The molecule has 1 fully saturated rings. The summed E-state index contributed by atoms with van der Waals surface area (Å²) in [7, 11) is 0. The van der Waals surface area contributed by atoms with E-state index in [0.29, 0.717) is 24.2 Å². The highest BCUT2D eigenvalue weighted by Gasteiger charge is 2.27. The molecule has 1 saturated heterocycles. The highest BCUT2D eigenvalue weighted by Crippen LogP contribution is 2.30. The Morgan fingerprint density at radius 3 is 2.78 bits per heavy atom. The van der Waals surface area contributed by atoms with E-state index in [9.17, 15) is 4.79 Å². The highest BCUT2D eigenvalue weighted by molar-refractivity contribution is 5.77. The van der Waals surface area contributed by atoms with Crippen LogP contribution in [0.1, 0.15) is 49.4 Å². The number of piperidine rings is 1. The fraction of sp³-hybridized carbons (Fsp3) is 0.417. The number of hydrogen-bond donors (Lipinski definition) is 0. The Kier molecular flexibility index (Phi) is 5.38. The van der Waals surface area contributed by atoms with Gasteiger partial charge in [-0.15, -0.1) is 0 Å². The first-order chi connectivity index (χ1) is 13.2. The van der Waals surface area contributed by atoms with Gasteiger partial charge in [-0.1, -0.05) is 42.5 Å². The summed E-state index contributed by atoms with van der Waals surface area (Å²) < 4.78 is 0. The van der Waals surface area contributed by atoms with Crippen LogP contribution in [-0.4, -0.2) is 28.9 Å². The smallest absolute Gasteiger partial charge is 0.223 e. The number of aromatic nitrogens is 1. The van der Waals surface area contributed by atoms with Crippen LogP contribution in [0.5, 0.6) is 0 Å². The molecule has 2 aromatic rings. The maximum absolute atomic E-state index is 12.8. The monoisotopic (exact) mass is 360 g/mol. The Bertz CT molecular complexity index is 828. The molecule has 27 heavy (non-hydrogen) atoms. The van der Waals surface area contributed by atoms with Crippen LogP contribution in [0.4, 0.5) is 0 Å². The van der Waals surface area contributed by atoms with E-state index in [1.54, 1.807) is 0 Å². The summed E-state index contributed by atoms with van der Waals surface area (Å²) in [6.45, 7) is 3.76. The van der Waals surface area contributed by atoms with E-state index in [-0.39, 0.29) is 0 Å². The first kappa shape index (κ1) is 18.0. The number of carbonyl (C=O) groups is 1. The Morgan fingerprint density at radius 2 is 2.00 bits per heavy atom. The van der Waals surface area contributed by atoms with Crippen LogP contribution in [0.3, 0.4) is 0 Å². The van der Waals surface area contributed by atoms with Gasteiger partial charge in [0, 0.05) is 36.8 Å². The molecule has 3 heteroatoms. The lowest BCUT2D eigenvalue weighted by atomic mass is 9.91. The van der Waals surface area contributed by atoms with Gasteiger partial charge in [-0.05, 0) is 61.8 Å². The van der Waals surface area contributed by atoms with E-state index in [4.69, 9.17) is 4.98 Å². The molecule has 1 aromatic heterocycles. The molecule has 0 N–H and O–H groups in total. The lowest BCUT2D eigenvalue weighted by Crippen LogP contribution is -2.39. The minimum absolute atomic E-state index is 0.312. The normalized spacial score (nSPS) is 22.2. The molecular weight excluding hydrogens is 332 g/mol. The molecule has 2 heterocycles. The van der Waals surface area contributed by atoms with E-state index in [2.05, 4.69) is 60.4 Å². The third-order valence-corrected chi connectivity index (χ3v) is 5.82. The van der Waals surface area contributed by atoms with Gasteiger partial charge in [0.25, 0.3) is 0 Å². The fourth-order valence-corrected chi connectivity index (χ4v) is 4.36. The largest absolute Gasteiger partial charge is 0.342 e. The maximum atomic E-state index is 12.8. The molecular formula is C24H28N2O.